The summed E-state index contributed by atoms with van der Waals surface area (Å²) in [5, 5.41) is 0. The predicted octanol–water partition coefficient (Wildman–Crippen LogP) is 1.38. The van der Waals surface area contributed by atoms with Crippen molar-refractivity contribution < 1.29 is 0 Å². The molecule has 1 unspecified atom stereocenters. The maximum atomic E-state index is 5.36. The van der Waals surface area contributed by atoms with E-state index < -0.39 is 0 Å². The number of rotatable bonds is 2. The molecule has 0 amide bonds. The van der Waals surface area contributed by atoms with Gasteiger partial charge < -0.3 is 11.5 Å². The van der Waals surface area contributed by atoms with Gasteiger partial charge in [0.15, 0.2) is 5.96 Å². The van der Waals surface area contributed by atoms with Crippen molar-refractivity contribution in [2.24, 2.45) is 16.5 Å². The number of fused-ring (bicyclic) bond motifs is 1. The van der Waals surface area contributed by atoms with Crippen molar-refractivity contribution in [2.75, 3.05) is 6.54 Å². The van der Waals surface area contributed by atoms with Gasteiger partial charge in [-0.3, -0.25) is 4.99 Å². The lowest BCUT2D eigenvalue weighted by atomic mass is 9.83. The van der Waals surface area contributed by atoms with Gasteiger partial charge >= 0.3 is 0 Å². The fraction of sp³-hybridized carbons (Fsp3) is 0.417. The molecule has 3 heteroatoms. The topological polar surface area (TPSA) is 64.4 Å². The van der Waals surface area contributed by atoms with Gasteiger partial charge in [-0.1, -0.05) is 24.3 Å². The van der Waals surface area contributed by atoms with Gasteiger partial charge in [-0.15, -0.1) is 0 Å². The highest BCUT2D eigenvalue weighted by molar-refractivity contribution is 5.75. The summed E-state index contributed by atoms with van der Waals surface area (Å²) in [5.41, 5.74) is 13.6. The number of nitrogens with two attached hydrogens (primary N) is 2. The Morgan fingerprint density at radius 2 is 2.13 bits per heavy atom. The van der Waals surface area contributed by atoms with E-state index in [0.717, 1.165) is 6.54 Å². The van der Waals surface area contributed by atoms with Crippen LogP contribution in [0.25, 0.3) is 0 Å². The lowest BCUT2D eigenvalue weighted by molar-refractivity contribution is 0.561. The molecule has 1 atom stereocenters. The largest absolute Gasteiger partial charge is 0.370 e. The minimum Gasteiger partial charge on any atom is -0.370 e. The van der Waals surface area contributed by atoms with Gasteiger partial charge in [-0.05, 0) is 30.4 Å². The SMILES string of the molecule is NC(N)=NCC1CCCc2ccccc21. The van der Waals surface area contributed by atoms with Crippen LogP contribution in [-0.4, -0.2) is 12.5 Å². The lowest BCUT2D eigenvalue weighted by Crippen LogP contribution is -2.24. The Bertz CT molecular complexity index is 367. The minimum atomic E-state index is 0.193. The molecular weight excluding hydrogens is 186 g/mol. The number of aliphatic imine (C=N–C) groups is 1. The van der Waals surface area contributed by atoms with Crippen LogP contribution in [0, 0.1) is 0 Å². The second-order valence-corrected chi connectivity index (χ2v) is 4.05. The number of benzene rings is 1. The van der Waals surface area contributed by atoms with Crippen LogP contribution in [0.5, 0.6) is 0 Å². The van der Waals surface area contributed by atoms with Crippen molar-refractivity contribution in [1.29, 1.82) is 0 Å². The van der Waals surface area contributed by atoms with E-state index in [4.69, 9.17) is 11.5 Å². The summed E-state index contributed by atoms with van der Waals surface area (Å²) in [4.78, 5) is 4.12. The van der Waals surface area contributed by atoms with E-state index >= 15 is 0 Å². The zero-order valence-electron chi connectivity index (χ0n) is 8.82. The van der Waals surface area contributed by atoms with Crippen molar-refractivity contribution in [3.63, 3.8) is 0 Å². The van der Waals surface area contributed by atoms with Crippen molar-refractivity contribution in [2.45, 2.75) is 25.2 Å². The zero-order chi connectivity index (χ0) is 10.7. The van der Waals surface area contributed by atoms with Gasteiger partial charge in [0.05, 0.1) is 0 Å². The first-order valence-corrected chi connectivity index (χ1v) is 5.40. The third-order valence-electron chi connectivity index (χ3n) is 2.99. The monoisotopic (exact) mass is 203 g/mol. The van der Waals surface area contributed by atoms with Crippen LogP contribution in [-0.2, 0) is 6.42 Å². The molecule has 15 heavy (non-hydrogen) atoms. The fourth-order valence-corrected chi connectivity index (χ4v) is 2.26. The van der Waals surface area contributed by atoms with Gasteiger partial charge in [0, 0.05) is 12.5 Å². The fourth-order valence-electron chi connectivity index (χ4n) is 2.26. The summed E-state index contributed by atoms with van der Waals surface area (Å²) < 4.78 is 0. The van der Waals surface area contributed by atoms with Crippen LogP contribution < -0.4 is 11.5 Å². The van der Waals surface area contributed by atoms with E-state index in [1.807, 2.05) is 0 Å². The van der Waals surface area contributed by atoms with Crippen LogP contribution in [0.2, 0.25) is 0 Å². The van der Waals surface area contributed by atoms with Crippen LogP contribution >= 0.6 is 0 Å². The molecule has 3 nitrogen and oxygen atoms in total. The number of aryl methyl sites for hydroxylation is 1. The summed E-state index contributed by atoms with van der Waals surface area (Å²) >= 11 is 0. The number of hydrogen-bond acceptors (Lipinski definition) is 1. The molecule has 1 aromatic rings. The van der Waals surface area contributed by atoms with Crippen LogP contribution in [0.4, 0.5) is 0 Å². The van der Waals surface area contributed by atoms with Crippen LogP contribution in [0.1, 0.15) is 29.9 Å². The van der Waals surface area contributed by atoms with Gasteiger partial charge in [-0.25, -0.2) is 0 Å². The Morgan fingerprint density at radius 1 is 1.33 bits per heavy atom. The molecule has 0 saturated heterocycles. The lowest BCUT2D eigenvalue weighted by Gasteiger charge is -2.23. The molecule has 1 aliphatic rings. The maximum absolute atomic E-state index is 5.36. The third kappa shape index (κ3) is 2.29. The van der Waals surface area contributed by atoms with Crippen molar-refractivity contribution >= 4 is 5.96 Å². The average molecular weight is 203 g/mol. The highest BCUT2D eigenvalue weighted by atomic mass is 15.0. The predicted molar refractivity (Wildman–Crippen MR) is 62.8 cm³/mol. The Kier molecular flexibility index (Phi) is 2.90. The summed E-state index contributed by atoms with van der Waals surface area (Å²) in [6.07, 6.45) is 3.62. The van der Waals surface area contributed by atoms with E-state index in [-0.39, 0.29) is 5.96 Å². The summed E-state index contributed by atoms with van der Waals surface area (Å²) in [6, 6.07) is 8.59. The minimum absolute atomic E-state index is 0.193. The smallest absolute Gasteiger partial charge is 0.185 e. The Balaban J connectivity index is 2.19. The molecular formula is C12H17N3. The Morgan fingerprint density at radius 3 is 2.93 bits per heavy atom. The molecule has 0 spiro atoms. The second-order valence-electron chi connectivity index (χ2n) is 4.05. The molecule has 0 heterocycles. The van der Waals surface area contributed by atoms with E-state index in [2.05, 4.69) is 29.3 Å². The summed E-state index contributed by atoms with van der Waals surface area (Å²) in [6.45, 7) is 0.722. The first kappa shape index (κ1) is 10.0. The quantitative estimate of drug-likeness (QED) is 0.563. The molecule has 80 valence electrons. The van der Waals surface area contributed by atoms with Crippen LogP contribution in [0.15, 0.2) is 29.3 Å². The van der Waals surface area contributed by atoms with Crippen molar-refractivity contribution in [1.82, 2.24) is 0 Å². The Hall–Kier alpha value is -1.51. The van der Waals surface area contributed by atoms with E-state index in [0.29, 0.717) is 5.92 Å². The standard InChI is InChI=1S/C12H17N3/c13-12(14)15-8-10-6-3-5-9-4-1-2-7-11(9)10/h1-2,4,7,10H,3,5-6,8H2,(H4,13,14,15). The molecule has 4 N–H and O–H groups in total. The van der Waals surface area contributed by atoms with E-state index in [1.54, 1.807) is 0 Å². The molecule has 0 aromatic heterocycles. The normalized spacial score (nSPS) is 19.3. The molecule has 0 radical (unpaired) electrons. The molecule has 0 saturated carbocycles. The zero-order valence-corrected chi connectivity index (χ0v) is 8.82. The number of hydrogen-bond donors (Lipinski definition) is 2. The van der Waals surface area contributed by atoms with Gasteiger partial charge in [0.2, 0.25) is 0 Å². The average Bonchev–Trinajstić information content (AvgIpc) is 2.26. The molecule has 1 aromatic carbocycles. The Labute approximate surface area is 90.2 Å². The van der Waals surface area contributed by atoms with Gasteiger partial charge in [-0.2, -0.15) is 0 Å². The summed E-state index contributed by atoms with van der Waals surface area (Å²) in [5.74, 6) is 0.690. The third-order valence-corrected chi connectivity index (χ3v) is 2.99. The molecule has 2 rings (SSSR count). The number of guanidine groups is 1. The number of nitrogens with zero attached hydrogens (tertiary/aromatic N) is 1. The second kappa shape index (κ2) is 4.34. The van der Waals surface area contributed by atoms with Gasteiger partial charge in [0.1, 0.15) is 0 Å². The van der Waals surface area contributed by atoms with Crippen molar-refractivity contribution in [3.8, 4) is 0 Å². The first-order chi connectivity index (χ1) is 7.27. The van der Waals surface area contributed by atoms with Crippen molar-refractivity contribution in [3.05, 3.63) is 35.4 Å². The maximum Gasteiger partial charge on any atom is 0.185 e. The van der Waals surface area contributed by atoms with E-state index in [1.165, 1.54) is 30.4 Å². The molecule has 1 aliphatic carbocycles. The molecule has 0 fully saturated rings. The molecule has 0 bridgehead atoms. The van der Waals surface area contributed by atoms with E-state index in [9.17, 15) is 0 Å². The first-order valence-electron chi connectivity index (χ1n) is 5.40. The molecule has 0 aliphatic heterocycles. The summed E-state index contributed by atoms with van der Waals surface area (Å²) in [7, 11) is 0. The highest BCUT2D eigenvalue weighted by Gasteiger charge is 2.18. The highest BCUT2D eigenvalue weighted by Crippen LogP contribution is 2.31. The van der Waals surface area contributed by atoms with Crippen LogP contribution in [0.3, 0.4) is 0 Å². The van der Waals surface area contributed by atoms with Gasteiger partial charge in [0.25, 0.3) is 0 Å².